The maximum absolute atomic E-state index is 13.4. The highest BCUT2D eigenvalue weighted by Gasteiger charge is 2.27. The minimum Gasteiger partial charge on any atom is -0.271 e. The van der Waals surface area contributed by atoms with Crippen molar-refractivity contribution in [1.29, 1.82) is 0 Å². The molecule has 0 unspecified atom stereocenters. The molecule has 0 heterocycles. The summed E-state index contributed by atoms with van der Waals surface area (Å²) >= 11 is 5.91. The van der Waals surface area contributed by atoms with Gasteiger partial charge in [-0.15, -0.1) is 0 Å². The number of rotatable bonds is 7. The fourth-order valence-corrected chi connectivity index (χ4v) is 4.52. The number of sulfonamides is 1. The molecule has 0 aromatic heterocycles. The van der Waals surface area contributed by atoms with Gasteiger partial charge in [0.25, 0.3) is 15.9 Å². The number of benzene rings is 3. The van der Waals surface area contributed by atoms with Crippen molar-refractivity contribution in [3.8, 4) is 0 Å². The summed E-state index contributed by atoms with van der Waals surface area (Å²) in [7, 11) is -4.02. The minimum atomic E-state index is -4.02. The molecule has 0 aliphatic carbocycles. The first-order valence-corrected chi connectivity index (χ1v) is 11.7. The van der Waals surface area contributed by atoms with Gasteiger partial charge in [0.15, 0.2) is 0 Å². The molecule has 0 aliphatic heterocycles. The van der Waals surface area contributed by atoms with E-state index >= 15 is 0 Å². The molecule has 6 nitrogen and oxygen atoms in total. The maximum atomic E-state index is 13.4. The molecular weight excluding hydrogens is 446 g/mol. The molecule has 1 amide bonds. The Hall–Kier alpha value is -3.16. The summed E-state index contributed by atoms with van der Waals surface area (Å²) in [6, 6.07) is 20.5. The van der Waals surface area contributed by atoms with Crippen molar-refractivity contribution in [2.24, 2.45) is 5.10 Å². The van der Waals surface area contributed by atoms with Gasteiger partial charge in [-0.1, -0.05) is 48.0 Å². The number of hydrogen-bond donors (Lipinski definition) is 1. The van der Waals surface area contributed by atoms with Crippen molar-refractivity contribution in [3.05, 3.63) is 94.5 Å². The number of amides is 1. The number of hydrazone groups is 1. The van der Waals surface area contributed by atoms with Gasteiger partial charge < -0.3 is 0 Å². The van der Waals surface area contributed by atoms with Crippen LogP contribution < -0.4 is 9.73 Å². The number of anilines is 1. The van der Waals surface area contributed by atoms with E-state index in [4.69, 9.17) is 11.6 Å². The fraction of sp³-hybridized carbons (Fsp3) is 0.167. The van der Waals surface area contributed by atoms with Crippen LogP contribution in [0.5, 0.6) is 0 Å². The van der Waals surface area contributed by atoms with E-state index in [1.54, 1.807) is 19.1 Å². The Morgan fingerprint density at radius 3 is 2.25 bits per heavy atom. The Morgan fingerprint density at radius 1 is 0.969 bits per heavy atom. The topological polar surface area (TPSA) is 78.8 Å². The van der Waals surface area contributed by atoms with Gasteiger partial charge in [-0.25, -0.2) is 13.8 Å². The van der Waals surface area contributed by atoms with E-state index in [0.29, 0.717) is 16.4 Å². The van der Waals surface area contributed by atoms with Crippen LogP contribution in [0.1, 0.15) is 23.6 Å². The Labute approximate surface area is 193 Å². The standard InChI is InChI=1S/C24H24ClN3O3S/c1-17-9-12-22(15-18(17)2)28(32(30,31)23-13-10-21(25)11-14-23)16-24(29)27-26-19(3)20-7-5-4-6-8-20/h4-15H,16H2,1-3H3,(H,27,29)/b26-19-. The van der Waals surface area contributed by atoms with Gasteiger partial charge in [0.05, 0.1) is 16.3 Å². The first-order valence-electron chi connectivity index (χ1n) is 9.92. The molecule has 0 fully saturated rings. The Bertz CT molecular complexity index is 1240. The lowest BCUT2D eigenvalue weighted by Gasteiger charge is -2.24. The fourth-order valence-electron chi connectivity index (χ4n) is 2.99. The number of hydrogen-bond acceptors (Lipinski definition) is 4. The Morgan fingerprint density at radius 2 is 1.62 bits per heavy atom. The quantitative estimate of drug-likeness (QED) is 0.402. The van der Waals surface area contributed by atoms with Gasteiger partial charge in [-0.3, -0.25) is 9.10 Å². The van der Waals surface area contributed by atoms with Crippen molar-refractivity contribution in [2.75, 3.05) is 10.8 Å². The smallest absolute Gasteiger partial charge is 0.264 e. The second-order valence-electron chi connectivity index (χ2n) is 7.33. The molecule has 32 heavy (non-hydrogen) atoms. The summed E-state index contributed by atoms with van der Waals surface area (Å²) in [6.07, 6.45) is 0. The highest BCUT2D eigenvalue weighted by atomic mass is 35.5. The lowest BCUT2D eigenvalue weighted by atomic mass is 10.1. The van der Waals surface area contributed by atoms with Gasteiger partial charge >= 0.3 is 0 Å². The third-order valence-corrected chi connectivity index (χ3v) is 7.05. The highest BCUT2D eigenvalue weighted by Crippen LogP contribution is 2.26. The molecule has 1 N–H and O–H groups in total. The number of halogens is 1. The van der Waals surface area contributed by atoms with Crippen LogP contribution in [0.2, 0.25) is 5.02 Å². The van der Waals surface area contributed by atoms with E-state index in [2.05, 4.69) is 10.5 Å². The summed E-state index contributed by atoms with van der Waals surface area (Å²) in [5.41, 5.74) is 6.25. The molecule has 0 saturated carbocycles. The number of aryl methyl sites for hydroxylation is 2. The van der Waals surface area contributed by atoms with Gasteiger partial charge in [0, 0.05) is 5.02 Å². The van der Waals surface area contributed by atoms with Crippen LogP contribution in [0.4, 0.5) is 5.69 Å². The van der Waals surface area contributed by atoms with Gasteiger partial charge in [-0.2, -0.15) is 5.10 Å². The molecule has 0 saturated heterocycles. The molecule has 0 spiro atoms. The zero-order valence-corrected chi connectivity index (χ0v) is 19.6. The van der Waals surface area contributed by atoms with E-state index in [9.17, 15) is 13.2 Å². The van der Waals surface area contributed by atoms with Crippen LogP contribution in [0.3, 0.4) is 0 Å². The van der Waals surface area contributed by atoms with Crippen LogP contribution in [-0.4, -0.2) is 26.6 Å². The Kier molecular flexibility index (Phi) is 7.33. The predicted octanol–water partition coefficient (Wildman–Crippen LogP) is 4.69. The molecule has 166 valence electrons. The zero-order valence-electron chi connectivity index (χ0n) is 18.0. The normalized spacial score (nSPS) is 11.8. The van der Waals surface area contributed by atoms with Crippen LogP contribution in [0.15, 0.2) is 82.8 Å². The summed E-state index contributed by atoms with van der Waals surface area (Å²) in [5.74, 6) is -0.559. The zero-order chi connectivity index (χ0) is 23.3. The van der Waals surface area contributed by atoms with Crippen molar-refractivity contribution < 1.29 is 13.2 Å². The van der Waals surface area contributed by atoms with Gasteiger partial charge in [-0.05, 0) is 73.9 Å². The first kappa shape index (κ1) is 23.5. The van der Waals surface area contributed by atoms with Crippen molar-refractivity contribution in [3.63, 3.8) is 0 Å². The van der Waals surface area contributed by atoms with Crippen LogP contribution >= 0.6 is 11.6 Å². The molecule has 3 rings (SSSR count). The molecule has 0 atom stereocenters. The Balaban J connectivity index is 1.91. The van der Waals surface area contributed by atoms with Crippen molar-refractivity contribution in [1.82, 2.24) is 5.43 Å². The maximum Gasteiger partial charge on any atom is 0.264 e. The number of nitrogens with one attached hydrogen (secondary N) is 1. The molecule has 8 heteroatoms. The predicted molar refractivity (Wildman–Crippen MR) is 129 cm³/mol. The number of carbonyl (C=O) groups excluding carboxylic acids is 1. The second-order valence-corrected chi connectivity index (χ2v) is 9.63. The van der Waals surface area contributed by atoms with Crippen LogP contribution in [0, 0.1) is 13.8 Å². The van der Waals surface area contributed by atoms with Crippen LogP contribution in [-0.2, 0) is 14.8 Å². The van der Waals surface area contributed by atoms with E-state index in [1.165, 1.54) is 24.3 Å². The molecule has 0 aliphatic rings. The molecule has 0 radical (unpaired) electrons. The van der Waals surface area contributed by atoms with Gasteiger partial charge in [0.2, 0.25) is 0 Å². The number of nitrogens with zero attached hydrogens (tertiary/aromatic N) is 2. The van der Waals surface area contributed by atoms with E-state index < -0.39 is 22.5 Å². The largest absolute Gasteiger partial charge is 0.271 e. The van der Waals surface area contributed by atoms with E-state index in [1.807, 2.05) is 50.2 Å². The molecule has 0 bridgehead atoms. The lowest BCUT2D eigenvalue weighted by Crippen LogP contribution is -2.39. The molecule has 3 aromatic rings. The minimum absolute atomic E-state index is 0.0388. The SMILES string of the molecule is C/C(=N/NC(=O)CN(c1ccc(C)c(C)c1)S(=O)(=O)c1ccc(Cl)cc1)c1ccccc1. The first-order chi connectivity index (χ1) is 15.2. The second kappa shape index (κ2) is 9.97. The van der Waals surface area contributed by atoms with Gasteiger partial charge in [0.1, 0.15) is 6.54 Å². The third kappa shape index (κ3) is 5.55. The summed E-state index contributed by atoms with van der Waals surface area (Å²) < 4.78 is 27.9. The molecular formula is C24H24ClN3O3S. The average molecular weight is 470 g/mol. The third-order valence-electron chi connectivity index (χ3n) is 5.01. The van der Waals surface area contributed by atoms with E-state index in [0.717, 1.165) is 21.0 Å². The summed E-state index contributed by atoms with van der Waals surface area (Å²) in [4.78, 5) is 12.7. The monoisotopic (exact) mass is 469 g/mol. The van der Waals surface area contributed by atoms with Crippen molar-refractivity contribution >= 4 is 38.9 Å². The summed E-state index contributed by atoms with van der Waals surface area (Å²) in [5, 5.41) is 4.54. The van der Waals surface area contributed by atoms with Crippen LogP contribution in [0.25, 0.3) is 0 Å². The van der Waals surface area contributed by atoms with Crippen molar-refractivity contribution in [2.45, 2.75) is 25.7 Å². The highest BCUT2D eigenvalue weighted by molar-refractivity contribution is 7.92. The average Bonchev–Trinajstić information content (AvgIpc) is 2.78. The molecule has 3 aromatic carbocycles. The number of carbonyl (C=O) groups is 1. The lowest BCUT2D eigenvalue weighted by molar-refractivity contribution is -0.119. The van der Waals surface area contributed by atoms with E-state index in [-0.39, 0.29) is 4.90 Å². The summed E-state index contributed by atoms with van der Waals surface area (Å²) in [6.45, 7) is 5.16.